The highest BCUT2D eigenvalue weighted by molar-refractivity contribution is 5.67. The molecular formula is C27H41NO8. The smallest absolute Gasteiger partial charge is 0.303 e. The highest BCUT2D eigenvalue weighted by Crippen LogP contribution is 2.83. The van der Waals surface area contributed by atoms with Gasteiger partial charge in [0.15, 0.2) is 5.60 Å². The van der Waals surface area contributed by atoms with Gasteiger partial charge in [-0.05, 0) is 31.2 Å². The van der Waals surface area contributed by atoms with Gasteiger partial charge in [-0.2, -0.15) is 0 Å². The van der Waals surface area contributed by atoms with Gasteiger partial charge in [0.05, 0.1) is 35.4 Å². The van der Waals surface area contributed by atoms with Crippen molar-refractivity contribution in [2.75, 3.05) is 41.2 Å². The molecule has 36 heavy (non-hydrogen) atoms. The molecule has 0 aromatic carbocycles. The van der Waals surface area contributed by atoms with Crippen molar-refractivity contribution in [1.29, 1.82) is 0 Å². The molecule has 7 rings (SSSR count). The summed E-state index contributed by atoms with van der Waals surface area (Å²) < 4.78 is 38.7. The summed E-state index contributed by atoms with van der Waals surface area (Å²) in [5.41, 5.74) is -3.94. The van der Waals surface area contributed by atoms with Crippen molar-refractivity contribution in [1.82, 2.24) is 4.90 Å². The summed E-state index contributed by atoms with van der Waals surface area (Å²) in [6, 6.07) is -0.224. The number of fused-ring (bicyclic) bond motifs is 1. The van der Waals surface area contributed by atoms with Crippen LogP contribution in [-0.2, 0) is 33.2 Å². The topological polar surface area (TPSA) is 95.9 Å². The first kappa shape index (κ1) is 24.2. The number of carbonyl (C=O) groups is 1. The summed E-state index contributed by atoms with van der Waals surface area (Å²) in [7, 11) is 5.23. The number of aliphatic hydroxyl groups is 1. The van der Waals surface area contributed by atoms with E-state index < -0.39 is 28.3 Å². The van der Waals surface area contributed by atoms with Gasteiger partial charge in [-0.25, -0.2) is 0 Å². The minimum absolute atomic E-state index is 0.0317. The number of rotatable bonds is 5. The van der Waals surface area contributed by atoms with Crippen LogP contribution in [0.15, 0.2) is 0 Å². The van der Waals surface area contributed by atoms with Crippen LogP contribution in [-0.4, -0.2) is 104 Å². The molecule has 0 amide bonds. The lowest BCUT2D eigenvalue weighted by Crippen LogP contribution is -2.85. The van der Waals surface area contributed by atoms with Crippen LogP contribution in [0, 0.1) is 28.6 Å². The Hall–Kier alpha value is -0.810. The average Bonchev–Trinajstić information content (AvgIpc) is 3.40. The number of likely N-dealkylation sites (N-methyl/N-ethyl adjacent to an activating group) is 1. The zero-order valence-electron chi connectivity index (χ0n) is 22.3. The van der Waals surface area contributed by atoms with Gasteiger partial charge >= 0.3 is 5.97 Å². The molecule has 13 atom stereocenters. The molecule has 2 saturated heterocycles. The highest BCUT2D eigenvalue weighted by atomic mass is 16.7. The number of hydrogen-bond donors (Lipinski definition) is 1. The molecule has 0 aromatic rings. The lowest BCUT2D eigenvalue weighted by atomic mass is 9.41. The van der Waals surface area contributed by atoms with Gasteiger partial charge in [-0.15, -0.1) is 0 Å². The Bertz CT molecular complexity index is 979. The monoisotopic (exact) mass is 507 g/mol. The van der Waals surface area contributed by atoms with Crippen molar-refractivity contribution < 1.29 is 38.3 Å². The first-order chi connectivity index (χ1) is 17.2. The van der Waals surface area contributed by atoms with E-state index in [4.69, 9.17) is 28.4 Å². The average molecular weight is 508 g/mol. The summed E-state index contributed by atoms with van der Waals surface area (Å²) >= 11 is 0. The van der Waals surface area contributed by atoms with Crippen LogP contribution < -0.4 is 0 Å². The van der Waals surface area contributed by atoms with Gasteiger partial charge in [-0.3, -0.25) is 9.69 Å². The van der Waals surface area contributed by atoms with E-state index in [9.17, 15) is 9.90 Å². The fourth-order valence-corrected chi connectivity index (χ4v) is 11.7. The standard InChI is InChI=1S/C27H41NO8/c1-7-28-12-23(3)9-8-17(32-5)26-20(23)21(36-14(2)29)27(22(26)28)25(34-13-35-27)11-16(31-4)15-10-24(26,30)19(25)18(15)33-6/h15-22,30H,7-13H2,1-6H3/t15?,16?,17?,18?,19?,20?,21?,22?,23-,24-,25+,26+,27+/m0/s1. The summed E-state index contributed by atoms with van der Waals surface area (Å²) in [6.07, 6.45) is 1.69. The predicted molar refractivity (Wildman–Crippen MR) is 126 cm³/mol. The van der Waals surface area contributed by atoms with E-state index in [0.29, 0.717) is 12.8 Å². The van der Waals surface area contributed by atoms with Gasteiger partial charge < -0.3 is 33.5 Å². The third-order valence-corrected chi connectivity index (χ3v) is 12.2. The maximum atomic E-state index is 13.4. The second kappa shape index (κ2) is 7.23. The molecule has 8 unspecified atom stereocenters. The first-order valence-corrected chi connectivity index (χ1v) is 13.7. The molecule has 1 N–H and O–H groups in total. The third-order valence-electron chi connectivity index (χ3n) is 12.2. The quantitative estimate of drug-likeness (QED) is 0.553. The zero-order valence-corrected chi connectivity index (χ0v) is 22.3. The van der Waals surface area contributed by atoms with Gasteiger partial charge in [0, 0.05) is 59.0 Å². The van der Waals surface area contributed by atoms with Crippen molar-refractivity contribution >= 4 is 5.97 Å². The molecule has 9 nitrogen and oxygen atoms in total. The number of carbonyl (C=O) groups excluding carboxylic acids is 1. The van der Waals surface area contributed by atoms with E-state index in [2.05, 4.69) is 18.7 Å². The van der Waals surface area contributed by atoms with E-state index in [1.807, 2.05) is 0 Å². The molecule has 7 aliphatic rings. The van der Waals surface area contributed by atoms with Gasteiger partial charge in [0.25, 0.3) is 0 Å². The number of hydrogen-bond acceptors (Lipinski definition) is 9. The van der Waals surface area contributed by atoms with Crippen LogP contribution in [0.2, 0.25) is 0 Å². The van der Waals surface area contributed by atoms with Crippen molar-refractivity contribution in [3.63, 3.8) is 0 Å². The Kier molecular flexibility index (Phi) is 4.87. The molecule has 2 heterocycles. The number of piperidine rings is 1. The van der Waals surface area contributed by atoms with Crippen LogP contribution >= 0.6 is 0 Å². The molecule has 0 aromatic heterocycles. The Balaban J connectivity index is 1.61. The minimum atomic E-state index is -1.16. The van der Waals surface area contributed by atoms with E-state index >= 15 is 0 Å². The molecule has 0 radical (unpaired) electrons. The summed E-state index contributed by atoms with van der Waals surface area (Å²) in [4.78, 5) is 15.3. The van der Waals surface area contributed by atoms with Crippen LogP contribution in [0.5, 0.6) is 0 Å². The molecular weight excluding hydrogens is 466 g/mol. The SMILES string of the molecule is CCN1C[C@]2(C)CCC(OC)[C@]34C2C(OC(C)=O)[C@@]2(OCO[C@@]25CC(OC)C2C[C@]3(O)C5C2OC)C14. The maximum Gasteiger partial charge on any atom is 0.303 e. The van der Waals surface area contributed by atoms with E-state index in [0.717, 1.165) is 25.9 Å². The summed E-state index contributed by atoms with van der Waals surface area (Å²) in [5.74, 6) is -0.771. The number of ether oxygens (including phenoxy) is 6. The lowest BCUT2D eigenvalue weighted by Gasteiger charge is -2.71. The minimum Gasteiger partial charge on any atom is -0.459 e. The second-order valence-electron chi connectivity index (χ2n) is 12.9. The molecule has 5 saturated carbocycles. The van der Waals surface area contributed by atoms with Crippen molar-refractivity contribution in [2.24, 2.45) is 28.6 Å². The highest BCUT2D eigenvalue weighted by Gasteiger charge is 2.97. The Morgan fingerprint density at radius 2 is 1.89 bits per heavy atom. The number of esters is 1. The molecule has 2 aliphatic heterocycles. The normalized spacial score (nSPS) is 60.2. The molecule has 3 spiro atoms. The van der Waals surface area contributed by atoms with Gasteiger partial charge in [-0.1, -0.05) is 13.8 Å². The number of methoxy groups -OCH3 is 3. The van der Waals surface area contributed by atoms with Crippen molar-refractivity contribution in [2.45, 2.75) is 93.7 Å². The molecule has 5 aliphatic carbocycles. The van der Waals surface area contributed by atoms with Crippen LogP contribution in [0.4, 0.5) is 0 Å². The Labute approximate surface area is 213 Å². The summed E-state index contributed by atoms with van der Waals surface area (Å²) in [5, 5.41) is 13.4. The first-order valence-electron chi connectivity index (χ1n) is 13.7. The Morgan fingerprint density at radius 1 is 1.11 bits per heavy atom. The largest absolute Gasteiger partial charge is 0.459 e. The van der Waals surface area contributed by atoms with Crippen LogP contribution in [0.1, 0.15) is 46.5 Å². The van der Waals surface area contributed by atoms with E-state index in [1.165, 1.54) is 6.92 Å². The molecule has 202 valence electrons. The predicted octanol–water partition coefficient (Wildman–Crippen LogP) is 1.35. The third kappa shape index (κ3) is 2.16. The Morgan fingerprint density at radius 3 is 2.53 bits per heavy atom. The fraction of sp³-hybridized carbons (Fsp3) is 0.963. The van der Waals surface area contributed by atoms with Crippen LogP contribution in [0.25, 0.3) is 0 Å². The number of likely N-dealkylation sites (tertiary alicyclic amines) is 1. The zero-order chi connectivity index (χ0) is 25.5. The van der Waals surface area contributed by atoms with Gasteiger partial charge in [0.2, 0.25) is 0 Å². The van der Waals surface area contributed by atoms with Gasteiger partial charge in [0.1, 0.15) is 18.5 Å². The van der Waals surface area contributed by atoms with E-state index in [-0.39, 0.29) is 60.3 Å². The summed E-state index contributed by atoms with van der Waals surface area (Å²) in [6.45, 7) is 7.72. The molecule has 7 fully saturated rings. The van der Waals surface area contributed by atoms with Crippen molar-refractivity contribution in [3.8, 4) is 0 Å². The van der Waals surface area contributed by atoms with Crippen LogP contribution in [0.3, 0.4) is 0 Å². The molecule has 9 heteroatoms. The second-order valence-corrected chi connectivity index (χ2v) is 12.9. The number of nitrogens with zero attached hydrogens (tertiary/aromatic N) is 1. The van der Waals surface area contributed by atoms with E-state index in [1.54, 1.807) is 21.3 Å². The van der Waals surface area contributed by atoms with Crippen molar-refractivity contribution in [3.05, 3.63) is 0 Å². The lowest BCUT2D eigenvalue weighted by molar-refractivity contribution is -0.332. The molecule has 7 bridgehead atoms. The maximum absolute atomic E-state index is 13.4. The fourth-order valence-electron chi connectivity index (χ4n) is 11.7.